The predicted molar refractivity (Wildman–Crippen MR) is 123 cm³/mol. The number of amides is 1. The Balaban J connectivity index is 1.40. The third kappa shape index (κ3) is 5.74. The fourth-order valence-corrected chi connectivity index (χ4v) is 4.37. The van der Waals surface area contributed by atoms with E-state index in [-0.39, 0.29) is 24.7 Å². The number of hydrogen-bond acceptors (Lipinski definition) is 5. The summed E-state index contributed by atoms with van der Waals surface area (Å²) in [5.74, 6) is 2.94. The Labute approximate surface area is 190 Å². The van der Waals surface area contributed by atoms with Gasteiger partial charge in [0.05, 0.1) is 20.8 Å². The minimum atomic E-state index is -0.0771. The number of ether oxygens (including phenoxy) is 4. The van der Waals surface area contributed by atoms with Gasteiger partial charge in [0.1, 0.15) is 5.75 Å². The van der Waals surface area contributed by atoms with E-state index in [9.17, 15) is 4.79 Å². The van der Waals surface area contributed by atoms with Gasteiger partial charge < -0.3 is 24.3 Å². The second kappa shape index (κ2) is 10.7. The topological polar surface area (TPSA) is 66.0 Å². The predicted octanol–water partition coefficient (Wildman–Crippen LogP) is 4.92. The van der Waals surface area contributed by atoms with Crippen molar-refractivity contribution in [2.24, 2.45) is 5.92 Å². The molecule has 2 saturated carbocycles. The molecule has 0 aromatic heterocycles. The molecular formula is C26H33NO5. The van der Waals surface area contributed by atoms with E-state index in [1.807, 2.05) is 30.3 Å². The van der Waals surface area contributed by atoms with Crippen LogP contribution in [0.2, 0.25) is 0 Å². The molecule has 1 N–H and O–H groups in total. The van der Waals surface area contributed by atoms with Crippen LogP contribution >= 0.6 is 0 Å². The van der Waals surface area contributed by atoms with Crippen molar-refractivity contribution in [2.45, 2.75) is 50.5 Å². The van der Waals surface area contributed by atoms with E-state index >= 15 is 0 Å². The zero-order chi connectivity index (χ0) is 22.3. The van der Waals surface area contributed by atoms with E-state index < -0.39 is 0 Å². The van der Waals surface area contributed by atoms with Crippen molar-refractivity contribution < 1.29 is 23.7 Å². The van der Waals surface area contributed by atoms with Gasteiger partial charge in [-0.15, -0.1) is 0 Å². The van der Waals surface area contributed by atoms with Crippen LogP contribution in [0, 0.1) is 5.92 Å². The van der Waals surface area contributed by atoms with Gasteiger partial charge in [-0.05, 0) is 67.5 Å². The Morgan fingerprint density at radius 3 is 2.56 bits per heavy atom. The lowest BCUT2D eigenvalue weighted by atomic mass is 9.79. The summed E-state index contributed by atoms with van der Waals surface area (Å²) < 4.78 is 22.1. The molecule has 32 heavy (non-hydrogen) atoms. The number of carbonyl (C=O) groups is 1. The highest BCUT2D eigenvalue weighted by Gasteiger charge is 2.29. The first-order valence-electron chi connectivity index (χ1n) is 11.5. The van der Waals surface area contributed by atoms with Crippen molar-refractivity contribution in [3.63, 3.8) is 0 Å². The summed E-state index contributed by atoms with van der Waals surface area (Å²) in [6, 6.07) is 13.4. The Bertz CT molecular complexity index is 911. The third-order valence-corrected chi connectivity index (χ3v) is 6.37. The number of methoxy groups -OCH3 is 2. The molecule has 0 saturated heterocycles. The molecule has 0 radical (unpaired) electrons. The van der Waals surface area contributed by atoms with Crippen LogP contribution in [0.15, 0.2) is 42.5 Å². The number of hydrogen-bond donors (Lipinski definition) is 1. The molecule has 2 aliphatic carbocycles. The van der Waals surface area contributed by atoms with Crippen LogP contribution < -0.4 is 19.5 Å². The number of carbonyl (C=O) groups excluding carboxylic acids is 1. The second-order valence-corrected chi connectivity index (χ2v) is 8.69. The largest absolute Gasteiger partial charge is 0.493 e. The van der Waals surface area contributed by atoms with E-state index in [1.165, 1.54) is 12.8 Å². The molecule has 6 nitrogen and oxygen atoms in total. The molecule has 2 fully saturated rings. The lowest BCUT2D eigenvalue weighted by Crippen LogP contribution is -2.41. The van der Waals surface area contributed by atoms with E-state index in [4.69, 9.17) is 18.9 Å². The zero-order valence-corrected chi connectivity index (χ0v) is 19.0. The molecule has 2 unspecified atom stereocenters. The standard InChI is InChI=1S/C26H33NO5/c1-29-24-13-12-19(15-25(24)30-2)22-8-3-4-9-23(22)27-26(28)20-6-5-7-21(14-20)32-17-31-16-18-10-11-18/h5-7,12-15,18,22-23H,3-4,8-11,16-17H2,1-2H3,(H,27,28). The molecule has 2 atom stereocenters. The average molecular weight is 440 g/mol. The van der Waals surface area contributed by atoms with Crippen LogP contribution in [0.3, 0.4) is 0 Å². The Kier molecular flexibility index (Phi) is 7.53. The average Bonchev–Trinajstić information content (AvgIpc) is 3.66. The summed E-state index contributed by atoms with van der Waals surface area (Å²) in [4.78, 5) is 13.1. The van der Waals surface area contributed by atoms with E-state index in [2.05, 4.69) is 11.4 Å². The highest BCUT2D eigenvalue weighted by molar-refractivity contribution is 5.94. The van der Waals surface area contributed by atoms with Crippen molar-refractivity contribution in [3.05, 3.63) is 53.6 Å². The van der Waals surface area contributed by atoms with E-state index in [1.54, 1.807) is 20.3 Å². The van der Waals surface area contributed by atoms with Crippen molar-refractivity contribution in [1.82, 2.24) is 5.32 Å². The molecule has 6 heteroatoms. The van der Waals surface area contributed by atoms with Crippen LogP contribution in [-0.2, 0) is 4.74 Å². The summed E-state index contributed by atoms with van der Waals surface area (Å²) in [5, 5.41) is 3.27. The van der Waals surface area contributed by atoms with Gasteiger partial charge in [0.2, 0.25) is 0 Å². The van der Waals surface area contributed by atoms with Crippen LogP contribution in [0.4, 0.5) is 0 Å². The van der Waals surface area contributed by atoms with Gasteiger partial charge in [-0.3, -0.25) is 4.79 Å². The van der Waals surface area contributed by atoms with Gasteiger partial charge in [-0.1, -0.05) is 25.0 Å². The Morgan fingerprint density at radius 1 is 0.969 bits per heavy atom. The van der Waals surface area contributed by atoms with Crippen LogP contribution in [0.1, 0.15) is 60.4 Å². The molecule has 2 aromatic rings. The molecule has 0 bridgehead atoms. The van der Waals surface area contributed by atoms with Crippen LogP contribution in [0.5, 0.6) is 17.2 Å². The fourth-order valence-electron chi connectivity index (χ4n) is 4.37. The molecule has 2 aromatic carbocycles. The summed E-state index contributed by atoms with van der Waals surface area (Å²) in [7, 11) is 3.28. The molecule has 0 spiro atoms. The quantitative estimate of drug-likeness (QED) is 0.420. The number of benzene rings is 2. The summed E-state index contributed by atoms with van der Waals surface area (Å²) in [6.07, 6.45) is 6.74. The van der Waals surface area contributed by atoms with Crippen molar-refractivity contribution in [2.75, 3.05) is 27.6 Å². The maximum atomic E-state index is 13.1. The van der Waals surface area contributed by atoms with Gasteiger partial charge >= 0.3 is 0 Å². The van der Waals surface area contributed by atoms with Crippen molar-refractivity contribution >= 4 is 5.91 Å². The summed E-state index contributed by atoms with van der Waals surface area (Å²) >= 11 is 0. The van der Waals surface area contributed by atoms with Gasteiger partial charge in [0.15, 0.2) is 18.3 Å². The van der Waals surface area contributed by atoms with Gasteiger partial charge in [-0.2, -0.15) is 0 Å². The zero-order valence-electron chi connectivity index (χ0n) is 19.0. The van der Waals surface area contributed by atoms with Gasteiger partial charge in [0, 0.05) is 17.5 Å². The highest BCUT2D eigenvalue weighted by atomic mass is 16.7. The first-order valence-corrected chi connectivity index (χ1v) is 11.5. The Morgan fingerprint density at radius 2 is 1.78 bits per heavy atom. The Hall–Kier alpha value is -2.73. The fraction of sp³-hybridized carbons (Fsp3) is 0.500. The maximum absolute atomic E-state index is 13.1. The lowest BCUT2D eigenvalue weighted by Gasteiger charge is -2.33. The van der Waals surface area contributed by atoms with Gasteiger partial charge in [-0.25, -0.2) is 0 Å². The monoisotopic (exact) mass is 439 g/mol. The van der Waals surface area contributed by atoms with Crippen molar-refractivity contribution in [1.29, 1.82) is 0 Å². The summed E-state index contributed by atoms with van der Waals surface area (Å²) in [6.45, 7) is 0.963. The van der Waals surface area contributed by atoms with Crippen LogP contribution in [0.25, 0.3) is 0 Å². The van der Waals surface area contributed by atoms with E-state index in [0.717, 1.165) is 43.6 Å². The highest BCUT2D eigenvalue weighted by Crippen LogP contribution is 2.37. The van der Waals surface area contributed by atoms with Gasteiger partial charge in [0.25, 0.3) is 5.91 Å². The molecule has 172 valence electrons. The minimum absolute atomic E-state index is 0.0702. The number of rotatable bonds is 10. The molecule has 0 heterocycles. The molecular weight excluding hydrogens is 406 g/mol. The molecule has 1 amide bonds. The lowest BCUT2D eigenvalue weighted by molar-refractivity contribution is 0.00993. The SMILES string of the molecule is COc1ccc(C2CCCCC2NC(=O)c2cccc(OCOCC3CC3)c2)cc1OC. The smallest absolute Gasteiger partial charge is 0.251 e. The summed E-state index contributed by atoms with van der Waals surface area (Å²) in [5.41, 5.74) is 1.76. The second-order valence-electron chi connectivity index (χ2n) is 8.69. The molecule has 0 aliphatic heterocycles. The first-order chi connectivity index (χ1) is 15.7. The maximum Gasteiger partial charge on any atom is 0.251 e. The normalized spacial score (nSPS) is 20.4. The van der Waals surface area contributed by atoms with Crippen molar-refractivity contribution in [3.8, 4) is 17.2 Å². The number of nitrogens with one attached hydrogen (secondary N) is 1. The van der Waals surface area contributed by atoms with E-state index in [0.29, 0.717) is 23.0 Å². The molecule has 2 aliphatic rings. The third-order valence-electron chi connectivity index (χ3n) is 6.37. The molecule has 4 rings (SSSR count). The minimum Gasteiger partial charge on any atom is -0.493 e. The first kappa shape index (κ1) is 22.5. The van der Waals surface area contributed by atoms with Crippen LogP contribution in [-0.4, -0.2) is 39.6 Å².